The van der Waals surface area contributed by atoms with Gasteiger partial charge in [-0.1, -0.05) is 67.8 Å². The van der Waals surface area contributed by atoms with E-state index < -0.39 is 0 Å². The number of carbonyl (C=O) groups is 1. The van der Waals surface area contributed by atoms with Gasteiger partial charge in [0.05, 0.1) is 16.8 Å². The van der Waals surface area contributed by atoms with Crippen LogP contribution in [0.5, 0.6) is 0 Å². The zero-order valence-electron chi connectivity index (χ0n) is 21.2. The molecule has 1 unspecified atom stereocenters. The molecule has 1 aliphatic carbocycles. The van der Waals surface area contributed by atoms with E-state index in [9.17, 15) is 4.79 Å². The number of para-hydroxylation sites is 1. The molecule has 5 heteroatoms. The SMILES string of the molecule is CC(NC(=O)c1c(CN2CCN(C)CC2)c(-c2ccccc2)nc2ccccc12)C1CCCCC1. The zero-order valence-corrected chi connectivity index (χ0v) is 21.2. The molecule has 0 radical (unpaired) electrons. The molecule has 0 spiro atoms. The van der Waals surface area contributed by atoms with Gasteiger partial charge in [-0.05, 0) is 38.8 Å². The van der Waals surface area contributed by atoms with Crippen LogP contribution in [0, 0.1) is 5.92 Å². The second kappa shape index (κ2) is 10.9. The lowest BCUT2D eigenvalue weighted by Crippen LogP contribution is -2.44. The molecule has 3 aromatic rings. The summed E-state index contributed by atoms with van der Waals surface area (Å²) in [5, 5.41) is 4.38. The molecule has 2 fully saturated rings. The zero-order chi connectivity index (χ0) is 24.2. The number of piperazine rings is 1. The summed E-state index contributed by atoms with van der Waals surface area (Å²) in [6.07, 6.45) is 6.29. The van der Waals surface area contributed by atoms with Crippen molar-refractivity contribution in [2.75, 3.05) is 33.2 Å². The Morgan fingerprint density at radius 2 is 1.66 bits per heavy atom. The van der Waals surface area contributed by atoms with Gasteiger partial charge in [0.15, 0.2) is 0 Å². The Morgan fingerprint density at radius 1 is 0.971 bits per heavy atom. The summed E-state index contributed by atoms with van der Waals surface area (Å²) >= 11 is 0. The number of hydrogen-bond donors (Lipinski definition) is 1. The van der Waals surface area contributed by atoms with Crippen LogP contribution in [-0.2, 0) is 6.54 Å². The summed E-state index contributed by atoms with van der Waals surface area (Å²) in [6, 6.07) is 18.6. The molecule has 2 aliphatic rings. The molecule has 5 nitrogen and oxygen atoms in total. The standard InChI is InChI=1S/C30H38N4O/c1-22(23-11-5-3-6-12-23)31-30(35)28-25-15-9-10-16-27(25)32-29(24-13-7-4-8-14-24)26(28)21-34-19-17-33(2)18-20-34/h4,7-10,13-16,22-23H,3,5-6,11-12,17-21H2,1-2H3,(H,31,35). The minimum absolute atomic E-state index is 0.0444. The predicted molar refractivity (Wildman–Crippen MR) is 143 cm³/mol. The first-order chi connectivity index (χ1) is 17.1. The molecular formula is C30H38N4O. The van der Waals surface area contributed by atoms with Crippen molar-refractivity contribution in [3.63, 3.8) is 0 Å². The molecule has 184 valence electrons. The Labute approximate surface area is 209 Å². The van der Waals surface area contributed by atoms with Gasteiger partial charge in [0.1, 0.15) is 0 Å². The Kier molecular flexibility index (Phi) is 7.45. The fourth-order valence-corrected chi connectivity index (χ4v) is 5.76. The van der Waals surface area contributed by atoms with Gasteiger partial charge in [-0.2, -0.15) is 0 Å². The lowest BCUT2D eigenvalue weighted by Gasteiger charge is -2.33. The largest absolute Gasteiger partial charge is 0.349 e. The maximum absolute atomic E-state index is 14.0. The van der Waals surface area contributed by atoms with Gasteiger partial charge in [-0.25, -0.2) is 4.98 Å². The van der Waals surface area contributed by atoms with E-state index >= 15 is 0 Å². The van der Waals surface area contributed by atoms with Crippen LogP contribution in [0.2, 0.25) is 0 Å². The number of nitrogens with one attached hydrogen (secondary N) is 1. The van der Waals surface area contributed by atoms with Gasteiger partial charge in [0.2, 0.25) is 0 Å². The maximum Gasteiger partial charge on any atom is 0.252 e. The van der Waals surface area contributed by atoms with Crippen molar-refractivity contribution in [2.45, 2.75) is 51.6 Å². The number of rotatable bonds is 6. The lowest BCUT2D eigenvalue weighted by molar-refractivity contribution is 0.0917. The second-order valence-electron chi connectivity index (χ2n) is 10.4. The van der Waals surface area contributed by atoms with Gasteiger partial charge in [-0.3, -0.25) is 9.69 Å². The molecule has 1 atom stereocenters. The molecule has 1 aromatic heterocycles. The number of pyridine rings is 1. The first-order valence-electron chi connectivity index (χ1n) is 13.3. The molecule has 1 saturated carbocycles. The maximum atomic E-state index is 14.0. The molecule has 1 amide bonds. The van der Waals surface area contributed by atoms with Crippen LogP contribution in [0.3, 0.4) is 0 Å². The average molecular weight is 471 g/mol. The molecule has 1 saturated heterocycles. The quantitative estimate of drug-likeness (QED) is 0.528. The highest BCUT2D eigenvalue weighted by atomic mass is 16.1. The van der Waals surface area contributed by atoms with Crippen LogP contribution in [0.25, 0.3) is 22.2 Å². The average Bonchev–Trinajstić information content (AvgIpc) is 2.90. The van der Waals surface area contributed by atoms with E-state index in [0.717, 1.165) is 66.0 Å². The third-order valence-electron chi connectivity index (χ3n) is 7.96. The fourth-order valence-electron chi connectivity index (χ4n) is 5.76. The van der Waals surface area contributed by atoms with Crippen LogP contribution in [0.15, 0.2) is 54.6 Å². The van der Waals surface area contributed by atoms with E-state index in [0.29, 0.717) is 5.92 Å². The number of benzene rings is 2. The summed E-state index contributed by atoms with van der Waals surface area (Å²) in [7, 11) is 2.18. The van der Waals surface area contributed by atoms with Crippen molar-refractivity contribution in [2.24, 2.45) is 5.92 Å². The lowest BCUT2D eigenvalue weighted by atomic mass is 9.84. The molecular weight excluding hydrogens is 432 g/mol. The summed E-state index contributed by atoms with van der Waals surface area (Å²) < 4.78 is 0. The van der Waals surface area contributed by atoms with Crippen LogP contribution in [-0.4, -0.2) is 60.0 Å². The second-order valence-corrected chi connectivity index (χ2v) is 10.4. The molecule has 2 heterocycles. The molecule has 5 rings (SSSR count). The van der Waals surface area contributed by atoms with Gasteiger partial charge in [-0.15, -0.1) is 0 Å². The van der Waals surface area contributed by atoms with E-state index in [2.05, 4.69) is 59.4 Å². The van der Waals surface area contributed by atoms with Gasteiger partial charge < -0.3 is 10.2 Å². The van der Waals surface area contributed by atoms with Crippen LogP contribution < -0.4 is 5.32 Å². The summed E-state index contributed by atoms with van der Waals surface area (Å²) in [4.78, 5) is 24.0. The highest BCUT2D eigenvalue weighted by molar-refractivity contribution is 6.09. The van der Waals surface area contributed by atoms with E-state index in [-0.39, 0.29) is 11.9 Å². The number of aromatic nitrogens is 1. The van der Waals surface area contributed by atoms with Crippen LogP contribution in [0.4, 0.5) is 0 Å². The minimum Gasteiger partial charge on any atom is -0.349 e. The summed E-state index contributed by atoms with van der Waals surface area (Å²) in [6.45, 7) is 7.00. The number of fused-ring (bicyclic) bond motifs is 1. The Morgan fingerprint density at radius 3 is 2.40 bits per heavy atom. The van der Waals surface area contributed by atoms with Crippen LogP contribution >= 0.6 is 0 Å². The first-order valence-corrected chi connectivity index (χ1v) is 13.3. The van der Waals surface area contributed by atoms with Crippen molar-refractivity contribution in [1.82, 2.24) is 20.1 Å². The smallest absolute Gasteiger partial charge is 0.252 e. The molecule has 2 aromatic carbocycles. The van der Waals surface area contributed by atoms with Gasteiger partial charge >= 0.3 is 0 Å². The van der Waals surface area contributed by atoms with Crippen molar-refractivity contribution >= 4 is 16.8 Å². The number of likely N-dealkylation sites (N-methyl/N-ethyl adjacent to an activating group) is 1. The highest BCUT2D eigenvalue weighted by Crippen LogP contribution is 2.32. The minimum atomic E-state index is 0.0444. The molecule has 1 N–H and O–H groups in total. The fraction of sp³-hybridized carbons (Fsp3) is 0.467. The summed E-state index contributed by atoms with van der Waals surface area (Å²) in [5.41, 5.74) is 4.73. The van der Waals surface area contributed by atoms with E-state index in [1.54, 1.807) is 0 Å². The molecule has 0 bridgehead atoms. The van der Waals surface area contributed by atoms with Crippen molar-refractivity contribution in [3.8, 4) is 11.3 Å². The number of carbonyl (C=O) groups excluding carboxylic acids is 1. The van der Waals surface area contributed by atoms with Crippen LogP contribution in [0.1, 0.15) is 54.9 Å². The van der Waals surface area contributed by atoms with Crippen molar-refractivity contribution in [3.05, 3.63) is 65.7 Å². The van der Waals surface area contributed by atoms with Crippen molar-refractivity contribution < 1.29 is 4.79 Å². The number of nitrogens with zero attached hydrogens (tertiary/aromatic N) is 3. The Hall–Kier alpha value is -2.76. The Bertz CT molecular complexity index is 1150. The summed E-state index contributed by atoms with van der Waals surface area (Å²) in [5.74, 6) is 0.610. The van der Waals surface area contributed by atoms with E-state index in [1.807, 2.05) is 24.3 Å². The third-order valence-corrected chi connectivity index (χ3v) is 7.96. The monoisotopic (exact) mass is 470 g/mol. The topological polar surface area (TPSA) is 48.5 Å². The van der Waals surface area contributed by atoms with Crippen molar-refractivity contribution in [1.29, 1.82) is 0 Å². The molecule has 35 heavy (non-hydrogen) atoms. The first kappa shape index (κ1) is 24.0. The highest BCUT2D eigenvalue weighted by Gasteiger charge is 2.27. The normalized spacial score (nSPS) is 19.0. The third kappa shape index (κ3) is 5.41. The van der Waals surface area contributed by atoms with Gasteiger partial charge in [0.25, 0.3) is 5.91 Å². The number of hydrogen-bond acceptors (Lipinski definition) is 4. The number of amides is 1. The van der Waals surface area contributed by atoms with E-state index in [1.165, 1.54) is 32.1 Å². The molecule has 1 aliphatic heterocycles. The van der Waals surface area contributed by atoms with Gasteiger partial charge in [0, 0.05) is 55.3 Å². The Balaban J connectivity index is 1.58. The predicted octanol–water partition coefficient (Wildman–Crippen LogP) is 5.35. The van der Waals surface area contributed by atoms with E-state index in [4.69, 9.17) is 4.98 Å².